The molecule has 0 aliphatic carbocycles. The molecule has 2 saturated heterocycles. The monoisotopic (exact) mass is 1260 g/mol. The number of carbonyl (C=O) groups is 12. The highest BCUT2D eigenvalue weighted by molar-refractivity contribution is 6.03. The van der Waals surface area contributed by atoms with Crippen LogP contribution in [0, 0.1) is 17.2 Å². The van der Waals surface area contributed by atoms with Gasteiger partial charge in [0.1, 0.15) is 54.1 Å². The number of H-pyrrole nitrogens is 2. The molecule has 2 fully saturated rings. The Bertz CT molecular complexity index is 3260. The van der Waals surface area contributed by atoms with Gasteiger partial charge in [0.2, 0.25) is 59.1 Å². The summed E-state index contributed by atoms with van der Waals surface area (Å²) < 4.78 is 5.19. The standard InChI is InChI=1S/C61H84N16O14/c1-32(2)22-43(54(84)70-42(12-8-20-66-61(63)64)60(90)77-21-9-13-49(77)50(80)27-51(62)81)71-55(85)44(23-33(3)4)72-56(86)45(24-35-14-16-38(17-15-35)91-34(5)79)73-59(89)48(30-78)76-57(87)46(25-36-28-67-40-11-7-6-10-39(36)40)74-58(88)47(26-37-29-65-31-68-37)75-53(83)41-18-19-52(82)69-41/h6-7,10-11,14-17,28-29,31-33,41-49,67,78H,8-9,12-13,18-27,30H2,1-5H3,(H2,62,81)(H,65,68)(H,69,82)(H,70,84)(H,71,85)(H,72,86)(H,73,89)(H,74,88)(H,75,83)(H,76,87)(H4,63,64,66)/t41-,42-,43-,44+,45-,46-,47-,48-,49-/m0/s1. The quantitative estimate of drug-likeness (QED) is 0.00619. The number of ketones is 1. The number of Topliss-reactive ketones (excluding diaryl/α,β-unsaturated/α-hetero) is 1. The number of nitrogens with one attached hydrogen (secondary N) is 12. The Morgan fingerprint density at radius 3 is 1.85 bits per heavy atom. The third-order valence-corrected chi connectivity index (χ3v) is 15.3. The second-order valence-corrected chi connectivity index (χ2v) is 23.6. The molecule has 30 nitrogen and oxygen atoms in total. The number of nitrogens with zero attached hydrogens (tertiary/aromatic N) is 2. The Hall–Kier alpha value is -9.74. The maximum atomic E-state index is 14.8. The number of nitrogens with two attached hydrogens (primary N) is 2. The molecule has 492 valence electrons. The number of primary amides is 1. The summed E-state index contributed by atoms with van der Waals surface area (Å²) in [6.45, 7) is 7.63. The fourth-order valence-electron chi connectivity index (χ4n) is 10.8. The van der Waals surface area contributed by atoms with E-state index in [4.69, 9.17) is 21.6 Å². The number of hydrogen-bond donors (Lipinski definition) is 15. The molecule has 0 unspecified atom stereocenters. The van der Waals surface area contributed by atoms with Crippen LogP contribution >= 0.6 is 0 Å². The van der Waals surface area contributed by atoms with Gasteiger partial charge in [-0.05, 0) is 86.1 Å². The van der Waals surface area contributed by atoms with Gasteiger partial charge in [0.05, 0.1) is 31.1 Å². The van der Waals surface area contributed by atoms with Gasteiger partial charge in [-0.25, -0.2) is 4.98 Å². The van der Waals surface area contributed by atoms with Gasteiger partial charge in [0.25, 0.3) is 0 Å². The van der Waals surface area contributed by atoms with E-state index < -0.39 is 132 Å². The highest BCUT2D eigenvalue weighted by Gasteiger charge is 2.40. The minimum absolute atomic E-state index is 0.00643. The number of hydrogen-bond acceptors (Lipinski definition) is 16. The van der Waals surface area contributed by atoms with Crippen molar-refractivity contribution < 1.29 is 67.4 Å². The third-order valence-electron chi connectivity index (χ3n) is 15.3. The Kier molecular flexibility index (Phi) is 26.1. The topological polar surface area (TPSA) is 466 Å². The van der Waals surface area contributed by atoms with Gasteiger partial charge >= 0.3 is 5.97 Å². The van der Waals surface area contributed by atoms with Gasteiger partial charge in [-0.2, -0.15) is 0 Å². The van der Waals surface area contributed by atoms with E-state index in [1.54, 1.807) is 58.2 Å². The molecule has 2 aromatic carbocycles. The highest BCUT2D eigenvalue weighted by atomic mass is 16.5. The van der Waals surface area contributed by atoms with Crippen molar-refractivity contribution in [3.63, 3.8) is 0 Å². The minimum Gasteiger partial charge on any atom is -0.427 e. The van der Waals surface area contributed by atoms with E-state index in [1.807, 2.05) is 0 Å². The predicted octanol–water partition coefficient (Wildman–Crippen LogP) is -1.70. The van der Waals surface area contributed by atoms with Crippen LogP contribution in [0.5, 0.6) is 5.75 Å². The van der Waals surface area contributed by atoms with Crippen LogP contribution in [0.4, 0.5) is 0 Å². The van der Waals surface area contributed by atoms with Gasteiger partial charge < -0.3 is 84.0 Å². The molecule has 4 aromatic rings. The van der Waals surface area contributed by atoms with Gasteiger partial charge in [-0.15, -0.1) is 0 Å². The number of aliphatic hydroxyl groups is 1. The van der Waals surface area contributed by atoms with Crippen molar-refractivity contribution >= 4 is 87.7 Å². The number of likely N-dealkylation sites (tertiary alicyclic amines) is 1. The number of benzene rings is 2. The number of amides is 10. The zero-order valence-corrected chi connectivity index (χ0v) is 51.6. The summed E-state index contributed by atoms with van der Waals surface area (Å²) >= 11 is 0. The highest BCUT2D eigenvalue weighted by Crippen LogP contribution is 2.23. The molecule has 30 heteroatoms. The number of aromatic nitrogens is 3. The van der Waals surface area contributed by atoms with E-state index in [2.05, 4.69) is 62.8 Å². The SMILES string of the molecule is CC(=O)Oc1ccc(C[C@H](NC(=O)[C@H](CO)NC(=O)[C@H](Cc2c[nH]c3ccccc23)NC(=O)[C@H](Cc2c[nH]cn2)NC(=O)[C@@H]2CCC(=O)N2)C(=O)N[C@H](CC(C)C)C(=O)N[C@@H](CC(C)C)C(=O)N[C@@H](CCCNC(=N)N)C(=O)N2CCC[C@H]2C(=O)CC(N)=O)cc1. The summed E-state index contributed by atoms with van der Waals surface area (Å²) in [6.07, 6.45) is 4.57. The third kappa shape index (κ3) is 21.5. The fourth-order valence-corrected chi connectivity index (χ4v) is 10.8. The smallest absolute Gasteiger partial charge is 0.308 e. The lowest BCUT2D eigenvalue weighted by Crippen LogP contribution is -2.61. The lowest BCUT2D eigenvalue weighted by atomic mass is 9.98. The molecule has 0 saturated carbocycles. The van der Waals surface area contributed by atoms with Gasteiger partial charge in [0.15, 0.2) is 11.7 Å². The number of imidazole rings is 1. The van der Waals surface area contributed by atoms with Crippen LogP contribution in [0.15, 0.2) is 67.3 Å². The van der Waals surface area contributed by atoms with Crippen LogP contribution in [0.1, 0.15) is 109 Å². The molecule has 6 rings (SSSR count). The first kappa shape index (κ1) is 70.3. The van der Waals surface area contributed by atoms with Crippen LogP contribution < -0.4 is 64.1 Å². The first-order valence-electron chi connectivity index (χ1n) is 30.3. The molecule has 0 radical (unpaired) electrons. The number of rotatable bonds is 34. The zero-order chi connectivity index (χ0) is 66.5. The average molecular weight is 1270 g/mol. The molecule has 0 spiro atoms. The molecule has 2 aromatic heterocycles. The number of fused-ring (bicyclic) bond motifs is 1. The van der Waals surface area contributed by atoms with Crippen molar-refractivity contribution in [2.24, 2.45) is 23.3 Å². The first-order chi connectivity index (χ1) is 43.3. The minimum atomic E-state index is -1.79. The molecular formula is C61H84N16O14. The molecule has 4 heterocycles. The number of guanidine groups is 1. The van der Waals surface area contributed by atoms with E-state index in [-0.39, 0.29) is 107 Å². The van der Waals surface area contributed by atoms with Crippen LogP contribution in [0.25, 0.3) is 10.9 Å². The maximum Gasteiger partial charge on any atom is 0.308 e. The number of ether oxygens (including phenoxy) is 1. The summed E-state index contributed by atoms with van der Waals surface area (Å²) in [5.41, 5.74) is 12.8. The van der Waals surface area contributed by atoms with Gasteiger partial charge in [-0.3, -0.25) is 62.9 Å². The van der Waals surface area contributed by atoms with Gasteiger partial charge in [-0.1, -0.05) is 58.0 Å². The molecule has 2 aliphatic heterocycles. The van der Waals surface area contributed by atoms with E-state index >= 15 is 0 Å². The Labute approximate surface area is 525 Å². The maximum absolute atomic E-state index is 14.8. The van der Waals surface area contributed by atoms with Crippen LogP contribution in [0.3, 0.4) is 0 Å². The molecule has 10 amide bonds. The lowest BCUT2D eigenvalue weighted by Gasteiger charge is -2.31. The predicted molar refractivity (Wildman–Crippen MR) is 329 cm³/mol. The van der Waals surface area contributed by atoms with E-state index in [9.17, 15) is 62.6 Å². The number of aliphatic hydroxyl groups excluding tert-OH is 1. The van der Waals surface area contributed by atoms with Crippen molar-refractivity contribution in [1.29, 1.82) is 5.41 Å². The van der Waals surface area contributed by atoms with Crippen LogP contribution in [0.2, 0.25) is 0 Å². The van der Waals surface area contributed by atoms with Crippen molar-refractivity contribution in [3.05, 3.63) is 84.1 Å². The first-order valence-corrected chi connectivity index (χ1v) is 30.3. The summed E-state index contributed by atoms with van der Waals surface area (Å²) in [6, 6.07) is 1.10. The average Bonchev–Trinajstić information content (AvgIpc) is 2.11. The summed E-state index contributed by atoms with van der Waals surface area (Å²) in [7, 11) is 0. The normalized spacial score (nSPS) is 16.8. The van der Waals surface area contributed by atoms with E-state index in [0.717, 1.165) is 0 Å². The number of aromatic amines is 2. The van der Waals surface area contributed by atoms with Gasteiger partial charge in [0, 0.05) is 69.0 Å². The van der Waals surface area contributed by atoms with Crippen LogP contribution in [-0.2, 0) is 76.8 Å². The number of para-hydroxylation sites is 1. The molecule has 0 bridgehead atoms. The Morgan fingerprint density at radius 1 is 0.714 bits per heavy atom. The molecule has 17 N–H and O–H groups in total. The van der Waals surface area contributed by atoms with Crippen molar-refractivity contribution in [2.45, 2.75) is 166 Å². The number of esters is 1. The lowest BCUT2D eigenvalue weighted by molar-refractivity contribution is -0.142. The second-order valence-electron chi connectivity index (χ2n) is 23.6. The van der Waals surface area contributed by atoms with Crippen LogP contribution in [-0.4, -0.2) is 176 Å². The van der Waals surface area contributed by atoms with E-state index in [0.29, 0.717) is 34.1 Å². The molecular weight excluding hydrogens is 1180 g/mol. The van der Waals surface area contributed by atoms with E-state index in [1.165, 1.54) is 48.6 Å². The molecule has 9 atom stereocenters. The largest absolute Gasteiger partial charge is 0.427 e. The van der Waals surface area contributed by atoms with Crippen molar-refractivity contribution in [3.8, 4) is 5.75 Å². The Balaban J connectivity index is 1.25. The molecule has 2 aliphatic rings. The Morgan fingerprint density at radius 2 is 1.29 bits per heavy atom. The zero-order valence-electron chi connectivity index (χ0n) is 51.6. The fraction of sp³-hybridized carbons (Fsp3) is 0.508. The molecule has 91 heavy (non-hydrogen) atoms. The number of carbonyl (C=O) groups excluding carboxylic acids is 12. The summed E-state index contributed by atoms with van der Waals surface area (Å²) in [5, 5.41) is 43.1. The van der Waals surface area contributed by atoms with Crippen molar-refractivity contribution in [2.75, 3.05) is 19.7 Å². The second kappa shape index (κ2) is 33.7. The summed E-state index contributed by atoms with van der Waals surface area (Å²) in [4.78, 5) is 175. The van der Waals surface area contributed by atoms with Crippen molar-refractivity contribution in [1.82, 2.24) is 67.7 Å². The summed E-state index contributed by atoms with van der Waals surface area (Å²) in [5.74, 6) is -9.67.